The summed E-state index contributed by atoms with van der Waals surface area (Å²) in [7, 11) is 0. The number of esters is 1. The van der Waals surface area contributed by atoms with E-state index in [2.05, 4.69) is 15.3 Å². The van der Waals surface area contributed by atoms with E-state index in [1.54, 1.807) is 25.1 Å². The lowest BCUT2D eigenvalue weighted by Crippen LogP contribution is -2.18. The molecule has 0 fully saturated rings. The minimum atomic E-state index is -0.529. The highest BCUT2D eigenvalue weighted by Crippen LogP contribution is 2.17. The topological polar surface area (TPSA) is 84.1 Å². The molecular formula is C13H15N3O3. The number of anilines is 1. The van der Waals surface area contributed by atoms with Crippen LogP contribution < -0.4 is 5.32 Å². The summed E-state index contributed by atoms with van der Waals surface area (Å²) in [6.07, 6.45) is -0.284. The van der Waals surface area contributed by atoms with Crippen LogP contribution >= 0.6 is 0 Å². The van der Waals surface area contributed by atoms with Crippen LogP contribution in [0.1, 0.15) is 19.2 Å². The molecule has 2 N–H and O–H groups in total. The Morgan fingerprint density at radius 1 is 1.42 bits per heavy atom. The highest BCUT2D eigenvalue weighted by molar-refractivity contribution is 6.02. The molecule has 0 unspecified atom stereocenters. The predicted molar refractivity (Wildman–Crippen MR) is 70.7 cm³/mol. The third-order valence-corrected chi connectivity index (χ3v) is 2.49. The van der Waals surface area contributed by atoms with Gasteiger partial charge in [0.25, 0.3) is 0 Å². The van der Waals surface area contributed by atoms with Gasteiger partial charge in [-0.15, -0.1) is 0 Å². The Labute approximate surface area is 110 Å². The number of hydrogen-bond acceptors (Lipinski definition) is 4. The molecule has 2 aromatic rings. The zero-order chi connectivity index (χ0) is 13.8. The largest absolute Gasteiger partial charge is 0.466 e. The van der Waals surface area contributed by atoms with Crippen molar-refractivity contribution in [2.24, 2.45) is 0 Å². The second kappa shape index (κ2) is 5.51. The summed E-state index contributed by atoms with van der Waals surface area (Å²) in [5, 5.41) is 2.65. The maximum Gasteiger partial charge on any atom is 0.315 e. The Hall–Kier alpha value is -2.37. The number of nitrogens with zero attached hydrogens (tertiary/aromatic N) is 1. The molecule has 2 rings (SSSR count). The van der Waals surface area contributed by atoms with Crippen LogP contribution in [-0.4, -0.2) is 28.5 Å². The molecule has 0 atom stereocenters. The molecule has 19 heavy (non-hydrogen) atoms. The number of ether oxygens (including phenoxy) is 1. The van der Waals surface area contributed by atoms with Crippen LogP contribution in [0.15, 0.2) is 18.2 Å². The normalized spacial score (nSPS) is 10.4. The number of aromatic amines is 1. The van der Waals surface area contributed by atoms with Crippen LogP contribution in [-0.2, 0) is 14.3 Å². The van der Waals surface area contributed by atoms with E-state index >= 15 is 0 Å². The van der Waals surface area contributed by atoms with E-state index in [0.717, 1.165) is 16.9 Å². The molecule has 0 saturated carbocycles. The zero-order valence-corrected chi connectivity index (χ0v) is 10.8. The van der Waals surface area contributed by atoms with Gasteiger partial charge in [-0.05, 0) is 32.0 Å². The quantitative estimate of drug-likeness (QED) is 0.649. The standard InChI is InChI=1S/C13H15N3O3/c1-3-19-13(18)7-12(17)16-9-4-5-10-11(6-9)15-8(2)14-10/h4-6H,3,7H2,1-2H3,(H,14,15)(H,16,17). The van der Waals surface area contributed by atoms with Crippen molar-refractivity contribution in [1.29, 1.82) is 0 Å². The Balaban J connectivity index is 2.04. The molecule has 0 aliphatic carbocycles. The van der Waals surface area contributed by atoms with Crippen molar-refractivity contribution < 1.29 is 14.3 Å². The van der Waals surface area contributed by atoms with Crippen LogP contribution in [0.2, 0.25) is 0 Å². The van der Waals surface area contributed by atoms with E-state index in [1.165, 1.54) is 0 Å². The second-order valence-electron chi connectivity index (χ2n) is 4.08. The molecule has 1 aromatic heterocycles. The molecule has 100 valence electrons. The van der Waals surface area contributed by atoms with Gasteiger partial charge in [-0.3, -0.25) is 9.59 Å². The second-order valence-corrected chi connectivity index (χ2v) is 4.08. The Morgan fingerprint density at radius 3 is 2.95 bits per heavy atom. The number of carbonyl (C=O) groups is 2. The van der Waals surface area contributed by atoms with Crippen molar-refractivity contribution >= 4 is 28.6 Å². The molecule has 6 nitrogen and oxygen atoms in total. The number of hydrogen-bond donors (Lipinski definition) is 2. The van der Waals surface area contributed by atoms with E-state index in [9.17, 15) is 9.59 Å². The monoisotopic (exact) mass is 261 g/mol. The number of rotatable bonds is 4. The number of aryl methyl sites for hydroxylation is 1. The fraction of sp³-hybridized carbons (Fsp3) is 0.308. The molecular weight excluding hydrogens is 246 g/mol. The summed E-state index contributed by atoms with van der Waals surface area (Å²) in [5.74, 6) is -0.113. The highest BCUT2D eigenvalue weighted by atomic mass is 16.5. The summed E-state index contributed by atoms with van der Waals surface area (Å²) < 4.78 is 4.71. The van der Waals surface area contributed by atoms with E-state index in [0.29, 0.717) is 5.69 Å². The SMILES string of the molecule is CCOC(=O)CC(=O)Nc1ccc2nc(C)[nH]c2c1. The molecule has 1 heterocycles. The third-order valence-electron chi connectivity index (χ3n) is 2.49. The Bertz CT molecular complexity index is 619. The molecule has 0 saturated heterocycles. The van der Waals surface area contributed by atoms with Gasteiger partial charge in [-0.25, -0.2) is 4.98 Å². The Kier molecular flexibility index (Phi) is 3.79. The minimum absolute atomic E-state index is 0.269. The summed E-state index contributed by atoms with van der Waals surface area (Å²) in [4.78, 5) is 30.1. The first kappa shape index (κ1) is 13.1. The molecule has 0 radical (unpaired) electrons. The first-order valence-corrected chi connectivity index (χ1v) is 6.00. The van der Waals surface area contributed by atoms with Gasteiger partial charge in [0.2, 0.25) is 5.91 Å². The number of amides is 1. The number of H-pyrrole nitrogens is 1. The molecule has 0 aliphatic heterocycles. The number of carbonyl (C=O) groups excluding carboxylic acids is 2. The van der Waals surface area contributed by atoms with Crippen LogP contribution in [0.25, 0.3) is 11.0 Å². The van der Waals surface area contributed by atoms with Crippen molar-refractivity contribution in [3.63, 3.8) is 0 Å². The molecule has 6 heteroatoms. The van der Waals surface area contributed by atoms with Crippen molar-refractivity contribution in [2.45, 2.75) is 20.3 Å². The lowest BCUT2D eigenvalue weighted by atomic mass is 10.2. The van der Waals surface area contributed by atoms with E-state index in [-0.39, 0.29) is 13.0 Å². The molecule has 1 aromatic carbocycles. The van der Waals surface area contributed by atoms with Gasteiger partial charge in [-0.1, -0.05) is 0 Å². The number of aromatic nitrogens is 2. The van der Waals surface area contributed by atoms with Crippen LogP contribution in [0.5, 0.6) is 0 Å². The lowest BCUT2D eigenvalue weighted by molar-refractivity contribution is -0.145. The fourth-order valence-corrected chi connectivity index (χ4v) is 1.76. The number of nitrogens with one attached hydrogen (secondary N) is 2. The highest BCUT2D eigenvalue weighted by Gasteiger charge is 2.10. The van der Waals surface area contributed by atoms with Gasteiger partial charge in [0.15, 0.2) is 0 Å². The first-order chi connectivity index (χ1) is 9.08. The fourth-order valence-electron chi connectivity index (χ4n) is 1.76. The number of imidazole rings is 1. The third kappa shape index (κ3) is 3.31. The number of benzene rings is 1. The van der Waals surface area contributed by atoms with Crippen molar-refractivity contribution in [1.82, 2.24) is 9.97 Å². The average Bonchev–Trinajstić information content (AvgIpc) is 2.68. The smallest absolute Gasteiger partial charge is 0.315 e. The summed E-state index contributed by atoms with van der Waals surface area (Å²) in [5.41, 5.74) is 2.29. The summed E-state index contributed by atoms with van der Waals surface area (Å²) in [6.45, 7) is 3.83. The van der Waals surface area contributed by atoms with Crippen LogP contribution in [0.4, 0.5) is 5.69 Å². The van der Waals surface area contributed by atoms with Crippen molar-refractivity contribution in [3.05, 3.63) is 24.0 Å². The lowest BCUT2D eigenvalue weighted by Gasteiger charge is -2.04. The van der Waals surface area contributed by atoms with Gasteiger partial charge < -0.3 is 15.0 Å². The van der Waals surface area contributed by atoms with Gasteiger partial charge in [0, 0.05) is 5.69 Å². The van der Waals surface area contributed by atoms with Gasteiger partial charge in [0.1, 0.15) is 12.2 Å². The molecule has 0 spiro atoms. The molecule has 0 bridgehead atoms. The minimum Gasteiger partial charge on any atom is -0.466 e. The van der Waals surface area contributed by atoms with Gasteiger partial charge >= 0.3 is 5.97 Å². The maximum absolute atomic E-state index is 11.6. The van der Waals surface area contributed by atoms with Crippen molar-refractivity contribution in [2.75, 3.05) is 11.9 Å². The maximum atomic E-state index is 11.6. The van der Waals surface area contributed by atoms with Gasteiger partial charge in [-0.2, -0.15) is 0 Å². The number of fused-ring (bicyclic) bond motifs is 1. The molecule has 0 aliphatic rings. The van der Waals surface area contributed by atoms with Gasteiger partial charge in [0.05, 0.1) is 17.6 Å². The van der Waals surface area contributed by atoms with E-state index in [4.69, 9.17) is 4.74 Å². The molecule has 1 amide bonds. The summed E-state index contributed by atoms with van der Waals surface area (Å²) >= 11 is 0. The van der Waals surface area contributed by atoms with E-state index in [1.807, 2.05) is 6.92 Å². The van der Waals surface area contributed by atoms with E-state index < -0.39 is 11.9 Å². The predicted octanol–water partition coefficient (Wildman–Crippen LogP) is 1.76. The van der Waals surface area contributed by atoms with Crippen LogP contribution in [0.3, 0.4) is 0 Å². The summed E-state index contributed by atoms with van der Waals surface area (Å²) in [6, 6.07) is 5.32. The first-order valence-electron chi connectivity index (χ1n) is 6.00. The zero-order valence-electron chi connectivity index (χ0n) is 10.8. The van der Waals surface area contributed by atoms with Crippen molar-refractivity contribution in [3.8, 4) is 0 Å². The van der Waals surface area contributed by atoms with Crippen LogP contribution in [0, 0.1) is 6.92 Å². The Morgan fingerprint density at radius 2 is 2.21 bits per heavy atom. The average molecular weight is 261 g/mol.